The Morgan fingerprint density at radius 3 is 2.84 bits per heavy atom. The molecule has 0 aliphatic carbocycles. The number of hydrogen-bond acceptors (Lipinski definition) is 7. The van der Waals surface area contributed by atoms with Crippen LogP contribution in [-0.2, 0) is 6.54 Å². The summed E-state index contributed by atoms with van der Waals surface area (Å²) < 4.78 is 5.33. The molecule has 1 atom stereocenters. The molecule has 1 aliphatic heterocycles. The van der Waals surface area contributed by atoms with E-state index in [1.54, 1.807) is 12.1 Å². The van der Waals surface area contributed by atoms with Crippen molar-refractivity contribution < 1.29 is 9.45 Å². The van der Waals surface area contributed by atoms with Crippen LogP contribution < -0.4 is 0 Å². The van der Waals surface area contributed by atoms with Gasteiger partial charge >= 0.3 is 0 Å². The highest BCUT2D eigenvalue weighted by atomic mass is 16.6. The van der Waals surface area contributed by atoms with Crippen molar-refractivity contribution in [3.63, 3.8) is 0 Å². The van der Waals surface area contributed by atoms with Gasteiger partial charge in [-0.1, -0.05) is 5.16 Å². The topological polar surface area (TPSA) is 88.5 Å². The van der Waals surface area contributed by atoms with Crippen molar-refractivity contribution in [3.05, 3.63) is 40.3 Å². The first-order valence-corrected chi connectivity index (χ1v) is 8.46. The number of nitrogens with zero attached hydrogens (tertiary/aromatic N) is 5. The Labute approximate surface area is 146 Å². The molecular formula is C17H23N5O3. The van der Waals surface area contributed by atoms with Crippen molar-refractivity contribution in [2.24, 2.45) is 5.92 Å². The third kappa shape index (κ3) is 4.61. The second kappa shape index (κ2) is 7.71. The summed E-state index contributed by atoms with van der Waals surface area (Å²) in [5, 5.41) is 14.7. The molecule has 1 fully saturated rings. The maximum Gasteiger partial charge on any atom is 0.269 e. The molecule has 2 heterocycles. The quantitative estimate of drug-likeness (QED) is 0.587. The molecule has 1 saturated heterocycles. The van der Waals surface area contributed by atoms with Crippen molar-refractivity contribution in [3.8, 4) is 11.4 Å². The number of benzene rings is 1. The fraction of sp³-hybridized carbons (Fsp3) is 0.529. The second-order valence-electron chi connectivity index (χ2n) is 6.78. The van der Waals surface area contributed by atoms with Gasteiger partial charge in [0.05, 0.1) is 11.5 Å². The van der Waals surface area contributed by atoms with E-state index in [-0.39, 0.29) is 5.69 Å². The Kier molecular flexibility index (Phi) is 5.40. The normalized spacial score (nSPS) is 18.6. The number of rotatable bonds is 6. The predicted molar refractivity (Wildman–Crippen MR) is 92.9 cm³/mol. The van der Waals surface area contributed by atoms with Crippen LogP contribution >= 0.6 is 0 Å². The third-order valence-electron chi connectivity index (χ3n) is 4.50. The van der Waals surface area contributed by atoms with E-state index in [1.165, 1.54) is 31.5 Å². The lowest BCUT2D eigenvalue weighted by molar-refractivity contribution is -0.384. The lowest BCUT2D eigenvalue weighted by Crippen LogP contribution is -2.37. The largest absolute Gasteiger partial charge is 0.338 e. The van der Waals surface area contributed by atoms with Crippen LogP contribution in [0.25, 0.3) is 11.4 Å². The molecule has 2 aromatic rings. The van der Waals surface area contributed by atoms with Crippen LogP contribution in [0.2, 0.25) is 0 Å². The van der Waals surface area contributed by atoms with E-state index in [0.29, 0.717) is 29.7 Å². The second-order valence-corrected chi connectivity index (χ2v) is 6.78. The number of nitro groups is 1. The number of hydrogen-bond donors (Lipinski definition) is 0. The Morgan fingerprint density at radius 2 is 2.16 bits per heavy atom. The van der Waals surface area contributed by atoms with Crippen molar-refractivity contribution in [1.29, 1.82) is 0 Å². The molecule has 0 saturated carbocycles. The SMILES string of the molecule is CN1CCCC(CN(C)Cc2nc(-c3ccc([N+](=O)[O-])cc3)no2)C1. The van der Waals surface area contributed by atoms with Gasteiger partial charge in [0, 0.05) is 30.8 Å². The highest BCUT2D eigenvalue weighted by molar-refractivity contribution is 5.56. The van der Waals surface area contributed by atoms with E-state index in [1.807, 2.05) is 0 Å². The van der Waals surface area contributed by atoms with Crippen LogP contribution in [0.5, 0.6) is 0 Å². The number of piperidine rings is 1. The summed E-state index contributed by atoms with van der Waals surface area (Å²) >= 11 is 0. The van der Waals surface area contributed by atoms with Gasteiger partial charge < -0.3 is 9.42 Å². The van der Waals surface area contributed by atoms with Crippen LogP contribution in [0.1, 0.15) is 18.7 Å². The summed E-state index contributed by atoms with van der Waals surface area (Å²) in [6, 6.07) is 6.15. The van der Waals surface area contributed by atoms with E-state index < -0.39 is 4.92 Å². The van der Waals surface area contributed by atoms with Gasteiger partial charge in [0.25, 0.3) is 5.69 Å². The summed E-state index contributed by atoms with van der Waals surface area (Å²) in [5.74, 6) is 1.68. The van der Waals surface area contributed by atoms with Crippen LogP contribution in [-0.4, -0.2) is 58.6 Å². The average molecular weight is 345 g/mol. The van der Waals surface area contributed by atoms with Crippen molar-refractivity contribution in [2.45, 2.75) is 19.4 Å². The molecule has 0 spiro atoms. The molecule has 25 heavy (non-hydrogen) atoms. The van der Waals surface area contributed by atoms with E-state index in [2.05, 4.69) is 34.0 Å². The van der Waals surface area contributed by atoms with Crippen molar-refractivity contribution in [2.75, 3.05) is 33.7 Å². The third-order valence-corrected chi connectivity index (χ3v) is 4.50. The molecule has 8 nitrogen and oxygen atoms in total. The average Bonchev–Trinajstić information content (AvgIpc) is 3.03. The molecule has 0 N–H and O–H groups in total. The van der Waals surface area contributed by atoms with Gasteiger partial charge in [-0.2, -0.15) is 4.98 Å². The lowest BCUT2D eigenvalue weighted by atomic mass is 9.98. The zero-order valence-electron chi connectivity index (χ0n) is 14.6. The molecule has 0 radical (unpaired) electrons. The van der Waals surface area contributed by atoms with E-state index in [9.17, 15) is 10.1 Å². The van der Waals surface area contributed by atoms with Gasteiger partial charge in [-0.25, -0.2) is 0 Å². The van der Waals surface area contributed by atoms with E-state index in [0.717, 1.165) is 13.1 Å². The van der Waals surface area contributed by atoms with E-state index in [4.69, 9.17) is 4.52 Å². The summed E-state index contributed by atoms with van der Waals surface area (Å²) in [4.78, 5) is 19.3. The van der Waals surface area contributed by atoms with E-state index >= 15 is 0 Å². The smallest absolute Gasteiger partial charge is 0.269 e. The summed E-state index contributed by atoms with van der Waals surface area (Å²) in [6.45, 7) is 3.91. The molecule has 1 aromatic heterocycles. The molecule has 8 heteroatoms. The predicted octanol–water partition coefficient (Wildman–Crippen LogP) is 2.42. The lowest BCUT2D eigenvalue weighted by Gasteiger charge is -2.31. The minimum absolute atomic E-state index is 0.0460. The number of likely N-dealkylation sites (tertiary alicyclic amines) is 1. The monoisotopic (exact) mass is 345 g/mol. The highest BCUT2D eigenvalue weighted by Gasteiger charge is 2.20. The summed E-state index contributed by atoms with van der Waals surface area (Å²) in [6.07, 6.45) is 2.51. The van der Waals surface area contributed by atoms with Gasteiger partial charge in [0.15, 0.2) is 0 Å². The van der Waals surface area contributed by atoms with Gasteiger partial charge in [-0.05, 0) is 51.5 Å². The number of nitro benzene ring substituents is 1. The van der Waals surface area contributed by atoms with Crippen molar-refractivity contribution >= 4 is 5.69 Å². The maximum absolute atomic E-state index is 10.7. The molecule has 134 valence electrons. The molecule has 1 unspecified atom stereocenters. The first kappa shape index (κ1) is 17.5. The standard InChI is InChI=1S/C17H23N5O3/c1-20-9-3-4-13(10-20)11-21(2)12-16-18-17(19-25-16)14-5-7-15(8-6-14)22(23)24/h5-8,13H,3-4,9-12H2,1-2H3. The Balaban J connectivity index is 1.58. The minimum atomic E-state index is -0.427. The van der Waals surface area contributed by atoms with Gasteiger partial charge in [0.1, 0.15) is 0 Å². The van der Waals surface area contributed by atoms with Crippen LogP contribution in [0, 0.1) is 16.0 Å². The molecule has 1 aliphatic rings. The minimum Gasteiger partial charge on any atom is -0.338 e. The summed E-state index contributed by atoms with van der Waals surface area (Å²) in [7, 11) is 4.23. The first-order chi connectivity index (χ1) is 12.0. The van der Waals surface area contributed by atoms with Gasteiger partial charge in [0.2, 0.25) is 11.7 Å². The van der Waals surface area contributed by atoms with Crippen LogP contribution in [0.3, 0.4) is 0 Å². The zero-order valence-corrected chi connectivity index (χ0v) is 14.6. The Morgan fingerprint density at radius 1 is 1.40 bits per heavy atom. The molecule has 1 aromatic carbocycles. The van der Waals surface area contributed by atoms with Gasteiger partial charge in [-0.3, -0.25) is 15.0 Å². The Bertz CT molecular complexity index is 715. The molecular weight excluding hydrogens is 322 g/mol. The Hall–Kier alpha value is -2.32. The molecule has 3 rings (SSSR count). The van der Waals surface area contributed by atoms with Gasteiger partial charge in [-0.15, -0.1) is 0 Å². The number of aromatic nitrogens is 2. The zero-order chi connectivity index (χ0) is 17.8. The van der Waals surface area contributed by atoms with Crippen LogP contribution in [0.4, 0.5) is 5.69 Å². The maximum atomic E-state index is 10.7. The van der Waals surface area contributed by atoms with Crippen molar-refractivity contribution in [1.82, 2.24) is 19.9 Å². The highest BCUT2D eigenvalue weighted by Crippen LogP contribution is 2.21. The fourth-order valence-corrected chi connectivity index (χ4v) is 3.33. The molecule has 0 amide bonds. The first-order valence-electron chi connectivity index (χ1n) is 8.46. The number of non-ortho nitro benzene ring substituents is 1. The molecule has 0 bridgehead atoms. The summed E-state index contributed by atoms with van der Waals surface area (Å²) in [5.41, 5.74) is 0.752. The fourth-order valence-electron chi connectivity index (χ4n) is 3.33. The van der Waals surface area contributed by atoms with Crippen LogP contribution in [0.15, 0.2) is 28.8 Å².